The summed E-state index contributed by atoms with van der Waals surface area (Å²) >= 11 is 1.61. The van der Waals surface area contributed by atoms with Gasteiger partial charge in [-0.3, -0.25) is 19.9 Å². The number of nitrogens with one attached hydrogen (secondary N) is 3. The molecule has 0 aliphatic rings. The van der Waals surface area contributed by atoms with Gasteiger partial charge in [-0.15, -0.1) is 0 Å². The summed E-state index contributed by atoms with van der Waals surface area (Å²) in [6.45, 7) is 0. The van der Waals surface area contributed by atoms with Crippen LogP contribution in [0.5, 0.6) is 0 Å². The van der Waals surface area contributed by atoms with Gasteiger partial charge in [0.15, 0.2) is 11.6 Å². The third-order valence-electron chi connectivity index (χ3n) is 6.42. The topological polar surface area (TPSA) is 112 Å². The number of anilines is 1. The lowest BCUT2D eigenvalue weighted by atomic mass is 10.1. The predicted molar refractivity (Wildman–Crippen MR) is 150 cm³/mol. The van der Waals surface area contributed by atoms with Crippen molar-refractivity contribution in [2.24, 2.45) is 0 Å². The summed E-state index contributed by atoms with van der Waals surface area (Å²) in [5.41, 5.74) is 5.87. The second-order valence-corrected chi connectivity index (χ2v) is 9.64. The Kier molecular flexibility index (Phi) is 5.45. The summed E-state index contributed by atoms with van der Waals surface area (Å²) in [6, 6.07) is 18.4. The SMILES string of the molecule is O=C(Nc1cncc(-c2ncc3[nH]nc(-c4nc5c(-c6ccsc6)cccc5[nH]4)c3c2F)c1)c1ccccc1. The fraction of sp³-hybridized carbons (Fsp3) is 0. The number of fused-ring (bicyclic) bond motifs is 2. The highest BCUT2D eigenvalue weighted by Gasteiger charge is 2.21. The molecule has 7 rings (SSSR count). The van der Waals surface area contributed by atoms with Gasteiger partial charge in [-0.25, -0.2) is 9.37 Å². The molecule has 188 valence electrons. The molecule has 0 aliphatic heterocycles. The number of pyridine rings is 2. The lowest BCUT2D eigenvalue weighted by molar-refractivity contribution is 0.102. The number of H-pyrrole nitrogens is 2. The van der Waals surface area contributed by atoms with Crippen LogP contribution in [0.15, 0.2) is 90.0 Å². The molecular weight excluding hydrogens is 513 g/mol. The molecule has 0 saturated carbocycles. The van der Waals surface area contributed by atoms with Crippen LogP contribution in [0.1, 0.15) is 10.4 Å². The van der Waals surface area contributed by atoms with Gasteiger partial charge in [-0.05, 0) is 46.7 Å². The van der Waals surface area contributed by atoms with Crippen LogP contribution in [-0.2, 0) is 0 Å². The third-order valence-corrected chi connectivity index (χ3v) is 7.10. The smallest absolute Gasteiger partial charge is 0.255 e. The fourth-order valence-corrected chi connectivity index (χ4v) is 5.23. The first-order chi connectivity index (χ1) is 19.2. The minimum Gasteiger partial charge on any atom is -0.337 e. The molecule has 7 aromatic rings. The molecule has 3 N–H and O–H groups in total. The van der Waals surface area contributed by atoms with Gasteiger partial charge in [0.05, 0.1) is 40.0 Å². The average molecular weight is 532 g/mol. The Hall–Kier alpha value is -5.22. The van der Waals surface area contributed by atoms with Crippen LogP contribution in [0.2, 0.25) is 0 Å². The van der Waals surface area contributed by atoms with Gasteiger partial charge < -0.3 is 10.3 Å². The van der Waals surface area contributed by atoms with Crippen molar-refractivity contribution in [1.82, 2.24) is 30.1 Å². The second-order valence-electron chi connectivity index (χ2n) is 8.86. The molecule has 2 aromatic carbocycles. The van der Waals surface area contributed by atoms with E-state index in [1.807, 2.05) is 35.7 Å². The summed E-state index contributed by atoms with van der Waals surface area (Å²) in [4.78, 5) is 29.2. The minimum absolute atomic E-state index is 0.0866. The molecule has 0 radical (unpaired) electrons. The average Bonchev–Trinajstić information content (AvgIpc) is 3.73. The molecule has 0 bridgehead atoms. The molecule has 0 unspecified atom stereocenters. The Morgan fingerprint density at radius 2 is 1.82 bits per heavy atom. The highest BCUT2D eigenvalue weighted by molar-refractivity contribution is 7.08. The molecule has 0 saturated heterocycles. The summed E-state index contributed by atoms with van der Waals surface area (Å²) < 4.78 is 16.1. The number of imidazole rings is 1. The van der Waals surface area contributed by atoms with Crippen molar-refractivity contribution in [3.63, 3.8) is 0 Å². The van der Waals surface area contributed by atoms with Gasteiger partial charge in [0.1, 0.15) is 11.4 Å². The predicted octanol–water partition coefficient (Wildman–Crippen LogP) is 6.68. The van der Waals surface area contributed by atoms with E-state index >= 15 is 4.39 Å². The Bertz CT molecular complexity index is 1980. The lowest BCUT2D eigenvalue weighted by Gasteiger charge is -2.08. The summed E-state index contributed by atoms with van der Waals surface area (Å²) in [7, 11) is 0. The fourth-order valence-electron chi connectivity index (χ4n) is 4.57. The minimum atomic E-state index is -0.567. The number of nitrogens with zero attached hydrogens (tertiary/aromatic N) is 4. The number of carbonyl (C=O) groups is 1. The van der Waals surface area contributed by atoms with Crippen molar-refractivity contribution in [2.75, 3.05) is 5.32 Å². The van der Waals surface area contributed by atoms with Crippen molar-refractivity contribution in [1.29, 1.82) is 0 Å². The van der Waals surface area contributed by atoms with Gasteiger partial charge in [0.2, 0.25) is 0 Å². The van der Waals surface area contributed by atoms with Crippen molar-refractivity contribution in [3.05, 3.63) is 101 Å². The van der Waals surface area contributed by atoms with E-state index in [1.54, 1.807) is 41.7 Å². The van der Waals surface area contributed by atoms with Crippen molar-refractivity contribution >= 4 is 44.9 Å². The van der Waals surface area contributed by atoms with Gasteiger partial charge in [0, 0.05) is 22.9 Å². The highest BCUT2D eigenvalue weighted by Crippen LogP contribution is 2.35. The normalized spacial score (nSPS) is 11.3. The number of aromatic amines is 2. The largest absolute Gasteiger partial charge is 0.337 e. The van der Waals surface area contributed by atoms with Crippen LogP contribution in [0.25, 0.3) is 55.8 Å². The van der Waals surface area contributed by atoms with E-state index in [2.05, 4.69) is 35.8 Å². The Balaban J connectivity index is 1.29. The summed E-state index contributed by atoms with van der Waals surface area (Å²) in [5, 5.41) is 14.4. The molecule has 0 spiro atoms. The van der Waals surface area contributed by atoms with E-state index in [0.29, 0.717) is 33.8 Å². The van der Waals surface area contributed by atoms with Gasteiger partial charge in [-0.1, -0.05) is 30.3 Å². The van der Waals surface area contributed by atoms with E-state index < -0.39 is 5.82 Å². The molecule has 0 atom stereocenters. The van der Waals surface area contributed by atoms with Gasteiger partial charge >= 0.3 is 0 Å². The standard InChI is InChI=1S/C29H18FN7OS/c30-24-23-22(14-32-25(24)18-11-19(13-31-12-18)33-29(38)16-5-2-1-3-6-16)36-37-27(23)28-34-21-8-4-7-20(26(21)35-28)17-9-10-39-15-17/h1-15H,(H,33,38)(H,34,35)(H,36,37). The number of carbonyl (C=O) groups excluding carboxylic acids is 1. The monoisotopic (exact) mass is 531 g/mol. The summed E-state index contributed by atoms with van der Waals surface area (Å²) in [6.07, 6.45) is 4.53. The molecule has 39 heavy (non-hydrogen) atoms. The molecule has 5 aromatic heterocycles. The van der Waals surface area contributed by atoms with Crippen molar-refractivity contribution in [2.45, 2.75) is 0 Å². The first kappa shape index (κ1) is 22.9. The Morgan fingerprint density at radius 1 is 0.923 bits per heavy atom. The molecule has 0 aliphatic carbocycles. The molecule has 8 nitrogen and oxygen atoms in total. The molecular formula is C29H18FN7OS. The molecule has 5 heterocycles. The number of hydrogen-bond acceptors (Lipinski definition) is 6. The maximum absolute atomic E-state index is 16.1. The van der Waals surface area contributed by atoms with E-state index in [9.17, 15) is 4.79 Å². The number of para-hydroxylation sites is 1. The maximum Gasteiger partial charge on any atom is 0.255 e. The number of aromatic nitrogens is 6. The number of benzene rings is 2. The Labute approximate surface area is 224 Å². The van der Waals surface area contributed by atoms with E-state index in [-0.39, 0.29) is 17.0 Å². The Morgan fingerprint density at radius 3 is 2.67 bits per heavy atom. The van der Waals surface area contributed by atoms with Gasteiger partial charge in [0.25, 0.3) is 5.91 Å². The van der Waals surface area contributed by atoms with Crippen LogP contribution < -0.4 is 5.32 Å². The van der Waals surface area contributed by atoms with Crippen LogP contribution in [0, 0.1) is 5.82 Å². The van der Waals surface area contributed by atoms with Crippen LogP contribution >= 0.6 is 11.3 Å². The first-order valence-electron chi connectivity index (χ1n) is 12.0. The summed E-state index contributed by atoms with van der Waals surface area (Å²) in [5.74, 6) is -0.414. The number of amides is 1. The number of rotatable bonds is 5. The van der Waals surface area contributed by atoms with Crippen LogP contribution in [-0.4, -0.2) is 36.0 Å². The van der Waals surface area contributed by atoms with E-state index in [1.165, 1.54) is 18.6 Å². The molecule has 10 heteroatoms. The zero-order chi connectivity index (χ0) is 26.3. The van der Waals surface area contributed by atoms with Crippen LogP contribution in [0.3, 0.4) is 0 Å². The van der Waals surface area contributed by atoms with Gasteiger partial charge in [-0.2, -0.15) is 16.4 Å². The number of thiophene rings is 1. The zero-order valence-electron chi connectivity index (χ0n) is 20.1. The highest BCUT2D eigenvalue weighted by atomic mass is 32.1. The van der Waals surface area contributed by atoms with E-state index in [4.69, 9.17) is 4.98 Å². The van der Waals surface area contributed by atoms with E-state index in [0.717, 1.165) is 22.2 Å². The van der Waals surface area contributed by atoms with Crippen LogP contribution in [0.4, 0.5) is 10.1 Å². The third kappa shape index (κ3) is 4.03. The second kappa shape index (κ2) is 9.26. The van der Waals surface area contributed by atoms with Crippen molar-refractivity contribution < 1.29 is 9.18 Å². The zero-order valence-corrected chi connectivity index (χ0v) is 21.0. The maximum atomic E-state index is 16.1. The molecule has 0 fully saturated rings. The quantitative estimate of drug-likeness (QED) is 0.229. The number of halogens is 1. The lowest BCUT2D eigenvalue weighted by Crippen LogP contribution is -2.11. The first-order valence-corrected chi connectivity index (χ1v) is 13.0. The van der Waals surface area contributed by atoms with Crippen molar-refractivity contribution in [3.8, 4) is 33.9 Å². The number of hydrogen-bond donors (Lipinski definition) is 3. The molecule has 1 amide bonds.